The lowest BCUT2D eigenvalue weighted by molar-refractivity contribution is 0.352. The fourth-order valence-electron chi connectivity index (χ4n) is 3.47. The Bertz CT molecular complexity index is 670. The molecule has 0 saturated heterocycles. The highest BCUT2D eigenvalue weighted by molar-refractivity contribution is 14.1. The van der Waals surface area contributed by atoms with Crippen LogP contribution in [0.3, 0.4) is 0 Å². The molecule has 0 spiro atoms. The number of halogens is 3. The molecular formula is C16H19ClFIN2. The molecule has 1 aromatic heterocycles. The smallest absolute Gasteiger partial charge is 0.138 e. The van der Waals surface area contributed by atoms with Crippen LogP contribution >= 0.6 is 34.2 Å². The maximum absolute atomic E-state index is 14.0. The Morgan fingerprint density at radius 2 is 2.14 bits per heavy atom. The van der Waals surface area contributed by atoms with Crippen LogP contribution in [0.4, 0.5) is 4.39 Å². The van der Waals surface area contributed by atoms with Gasteiger partial charge < -0.3 is 4.57 Å². The van der Waals surface area contributed by atoms with Gasteiger partial charge in [-0.1, -0.05) is 13.8 Å². The maximum atomic E-state index is 14.0. The van der Waals surface area contributed by atoms with Crippen LogP contribution in [0, 0.1) is 21.2 Å². The molecule has 0 bridgehead atoms. The molecule has 5 heteroatoms. The molecule has 3 rings (SSSR count). The van der Waals surface area contributed by atoms with E-state index in [1.807, 2.05) is 28.7 Å². The second-order valence-electron chi connectivity index (χ2n) is 6.07. The van der Waals surface area contributed by atoms with E-state index < -0.39 is 0 Å². The molecule has 2 aromatic rings. The third-order valence-corrected chi connectivity index (χ3v) is 5.89. The van der Waals surface area contributed by atoms with Crippen molar-refractivity contribution in [3.05, 3.63) is 27.3 Å². The predicted molar refractivity (Wildman–Crippen MR) is 93.4 cm³/mol. The van der Waals surface area contributed by atoms with Crippen molar-refractivity contribution in [2.24, 2.45) is 11.8 Å². The van der Waals surface area contributed by atoms with Gasteiger partial charge in [0.25, 0.3) is 0 Å². The van der Waals surface area contributed by atoms with Crippen LogP contribution in [0.1, 0.15) is 38.6 Å². The molecule has 2 nitrogen and oxygen atoms in total. The molecule has 21 heavy (non-hydrogen) atoms. The summed E-state index contributed by atoms with van der Waals surface area (Å²) in [7, 11) is 0. The standard InChI is InChI=1S/C16H19ClFIN2/c1-9-3-4-14(10(9)2)21-15-7-11(18)12(19)8-13(15)20-16(21)5-6-17/h7-10,14H,3-6H2,1-2H3. The summed E-state index contributed by atoms with van der Waals surface area (Å²) in [5.41, 5.74) is 1.80. The third kappa shape index (κ3) is 2.69. The first-order valence-corrected chi connectivity index (χ1v) is 9.06. The maximum Gasteiger partial charge on any atom is 0.138 e. The van der Waals surface area contributed by atoms with E-state index in [0.29, 0.717) is 27.3 Å². The van der Waals surface area contributed by atoms with Crippen LogP contribution in [0.5, 0.6) is 0 Å². The van der Waals surface area contributed by atoms with Crippen LogP contribution in [-0.4, -0.2) is 15.4 Å². The number of imidazole rings is 1. The van der Waals surface area contributed by atoms with E-state index in [2.05, 4.69) is 18.4 Å². The number of fused-ring (bicyclic) bond motifs is 1. The lowest BCUT2D eigenvalue weighted by atomic mass is 9.97. The Hall–Kier alpha value is -0.360. The van der Waals surface area contributed by atoms with E-state index in [0.717, 1.165) is 29.7 Å². The van der Waals surface area contributed by atoms with Crippen LogP contribution in [0.25, 0.3) is 11.0 Å². The lowest BCUT2D eigenvalue weighted by Gasteiger charge is -2.23. The second kappa shape index (κ2) is 6.03. The Morgan fingerprint density at radius 3 is 2.76 bits per heavy atom. The van der Waals surface area contributed by atoms with Gasteiger partial charge in [-0.2, -0.15) is 0 Å². The number of rotatable bonds is 3. The van der Waals surface area contributed by atoms with Gasteiger partial charge >= 0.3 is 0 Å². The van der Waals surface area contributed by atoms with Gasteiger partial charge in [0.05, 0.1) is 14.6 Å². The van der Waals surface area contributed by atoms with E-state index in [1.165, 1.54) is 6.42 Å². The average molecular weight is 421 g/mol. The van der Waals surface area contributed by atoms with Gasteiger partial charge in [-0.3, -0.25) is 0 Å². The molecular weight excluding hydrogens is 402 g/mol. The lowest BCUT2D eigenvalue weighted by Crippen LogP contribution is -2.17. The van der Waals surface area contributed by atoms with Crippen molar-refractivity contribution in [2.45, 2.75) is 39.2 Å². The van der Waals surface area contributed by atoms with Crippen molar-refractivity contribution in [3.63, 3.8) is 0 Å². The molecule has 0 radical (unpaired) electrons. The number of nitrogens with zero attached hydrogens (tertiary/aromatic N) is 2. The van der Waals surface area contributed by atoms with Crippen molar-refractivity contribution in [3.8, 4) is 0 Å². The number of hydrogen-bond donors (Lipinski definition) is 0. The Labute approximate surface area is 143 Å². The number of aromatic nitrogens is 2. The minimum Gasteiger partial charge on any atom is -0.324 e. The molecule has 114 valence electrons. The molecule has 1 heterocycles. The molecule has 1 aliphatic rings. The number of alkyl halides is 1. The highest BCUT2D eigenvalue weighted by Crippen LogP contribution is 2.42. The normalized spacial score (nSPS) is 25.9. The Balaban J connectivity index is 2.18. The van der Waals surface area contributed by atoms with Gasteiger partial charge in [-0.05, 0) is 53.3 Å². The summed E-state index contributed by atoms with van der Waals surface area (Å²) in [6, 6.07) is 3.88. The summed E-state index contributed by atoms with van der Waals surface area (Å²) in [6.07, 6.45) is 3.08. The fourth-order valence-corrected chi connectivity index (χ4v) is 4.09. The largest absolute Gasteiger partial charge is 0.324 e. The van der Waals surface area contributed by atoms with Gasteiger partial charge in [-0.15, -0.1) is 11.6 Å². The highest BCUT2D eigenvalue weighted by Gasteiger charge is 2.33. The zero-order valence-corrected chi connectivity index (χ0v) is 15.2. The first-order chi connectivity index (χ1) is 10.0. The highest BCUT2D eigenvalue weighted by atomic mass is 127. The number of hydrogen-bond acceptors (Lipinski definition) is 1. The molecule has 3 unspecified atom stereocenters. The first kappa shape index (κ1) is 15.5. The summed E-state index contributed by atoms with van der Waals surface area (Å²) < 4.78 is 16.9. The molecule has 1 aromatic carbocycles. The summed E-state index contributed by atoms with van der Waals surface area (Å²) in [4.78, 5) is 4.72. The van der Waals surface area contributed by atoms with Crippen LogP contribution in [0.15, 0.2) is 12.1 Å². The molecule has 1 saturated carbocycles. The topological polar surface area (TPSA) is 17.8 Å². The van der Waals surface area contributed by atoms with Gasteiger partial charge in [0, 0.05) is 24.4 Å². The van der Waals surface area contributed by atoms with E-state index >= 15 is 0 Å². The van der Waals surface area contributed by atoms with Crippen LogP contribution in [0.2, 0.25) is 0 Å². The quantitative estimate of drug-likeness (QED) is 0.495. The summed E-state index contributed by atoms with van der Waals surface area (Å²) in [5.74, 6) is 2.65. The Kier molecular flexibility index (Phi) is 4.46. The Morgan fingerprint density at radius 1 is 1.38 bits per heavy atom. The van der Waals surface area contributed by atoms with Crippen molar-refractivity contribution in [1.29, 1.82) is 0 Å². The van der Waals surface area contributed by atoms with Crippen LogP contribution in [-0.2, 0) is 6.42 Å². The first-order valence-electron chi connectivity index (χ1n) is 7.44. The van der Waals surface area contributed by atoms with Gasteiger partial charge in [0.1, 0.15) is 11.6 Å². The van der Waals surface area contributed by atoms with E-state index in [1.54, 1.807) is 6.07 Å². The zero-order chi connectivity index (χ0) is 15.1. The van der Waals surface area contributed by atoms with E-state index in [4.69, 9.17) is 16.6 Å². The monoisotopic (exact) mass is 420 g/mol. The van der Waals surface area contributed by atoms with Crippen molar-refractivity contribution in [2.75, 3.05) is 5.88 Å². The molecule has 3 atom stereocenters. The SMILES string of the molecule is CC1CCC(n2c(CCCl)nc3cc(I)c(F)cc32)C1C. The van der Waals surface area contributed by atoms with Crippen molar-refractivity contribution < 1.29 is 4.39 Å². The third-order valence-electron chi connectivity index (χ3n) is 4.88. The zero-order valence-electron chi connectivity index (χ0n) is 12.2. The number of aryl methyl sites for hydroxylation is 1. The van der Waals surface area contributed by atoms with Crippen LogP contribution < -0.4 is 0 Å². The minimum absolute atomic E-state index is 0.166. The van der Waals surface area contributed by atoms with Gasteiger partial charge in [0.2, 0.25) is 0 Å². The summed E-state index contributed by atoms with van der Waals surface area (Å²) in [5, 5.41) is 0. The van der Waals surface area contributed by atoms with E-state index in [-0.39, 0.29) is 5.82 Å². The van der Waals surface area contributed by atoms with E-state index in [9.17, 15) is 4.39 Å². The molecule has 0 N–H and O–H groups in total. The fraction of sp³-hybridized carbons (Fsp3) is 0.562. The predicted octanol–water partition coefficient (Wildman–Crippen LogP) is 5.17. The van der Waals surface area contributed by atoms with Crippen molar-refractivity contribution >= 4 is 45.2 Å². The molecule has 1 fully saturated rings. The van der Waals surface area contributed by atoms with Crippen molar-refractivity contribution in [1.82, 2.24) is 9.55 Å². The van der Waals surface area contributed by atoms with Gasteiger partial charge in [-0.25, -0.2) is 9.37 Å². The average Bonchev–Trinajstić information content (AvgIpc) is 2.93. The minimum atomic E-state index is -0.166. The van der Waals surface area contributed by atoms with Gasteiger partial charge in [0.15, 0.2) is 0 Å². The number of benzene rings is 1. The molecule has 1 aliphatic carbocycles. The molecule has 0 aliphatic heterocycles. The summed E-state index contributed by atoms with van der Waals surface area (Å²) >= 11 is 7.96. The summed E-state index contributed by atoms with van der Waals surface area (Å²) in [6.45, 7) is 4.59. The molecule has 0 amide bonds. The second-order valence-corrected chi connectivity index (χ2v) is 7.61.